The van der Waals surface area contributed by atoms with Crippen LogP contribution in [-0.4, -0.2) is 6.61 Å². The van der Waals surface area contributed by atoms with Crippen molar-refractivity contribution in [2.24, 2.45) is 0 Å². The van der Waals surface area contributed by atoms with E-state index in [9.17, 15) is 4.57 Å². The molecule has 0 aliphatic carbocycles. The molecule has 0 unspecified atom stereocenters. The quantitative estimate of drug-likeness (QED) is 0.630. The van der Waals surface area contributed by atoms with Crippen LogP contribution in [0, 0.1) is 11.8 Å². The van der Waals surface area contributed by atoms with Crippen LogP contribution in [0.15, 0.2) is 60.7 Å². The van der Waals surface area contributed by atoms with Crippen LogP contribution >= 0.6 is 7.37 Å². The molecule has 3 heteroatoms. The van der Waals surface area contributed by atoms with Crippen molar-refractivity contribution in [2.75, 3.05) is 6.61 Å². The second kappa shape index (κ2) is 6.38. The minimum atomic E-state index is -3.06. The first-order valence-electron chi connectivity index (χ1n) is 6.03. The second-order valence-corrected chi connectivity index (χ2v) is 6.32. The predicted molar refractivity (Wildman–Crippen MR) is 79.2 cm³/mol. The van der Waals surface area contributed by atoms with Gasteiger partial charge in [-0.05, 0) is 31.2 Å². The third kappa shape index (κ3) is 3.15. The molecule has 0 radical (unpaired) electrons. The van der Waals surface area contributed by atoms with Crippen molar-refractivity contribution >= 4 is 18.0 Å². The summed E-state index contributed by atoms with van der Waals surface area (Å²) in [5.74, 6) is 5.55. The molecule has 0 aromatic heterocycles. The highest BCUT2D eigenvalue weighted by molar-refractivity contribution is 7.74. The molecule has 0 saturated carbocycles. The maximum absolute atomic E-state index is 13.2. The van der Waals surface area contributed by atoms with E-state index in [-0.39, 0.29) is 6.61 Å². The van der Waals surface area contributed by atoms with E-state index >= 15 is 0 Å². The zero-order valence-electron chi connectivity index (χ0n) is 10.7. The van der Waals surface area contributed by atoms with Crippen molar-refractivity contribution in [1.82, 2.24) is 0 Å². The molecule has 0 spiro atoms. The Hall–Kier alpha value is -1.81. The van der Waals surface area contributed by atoms with Gasteiger partial charge in [-0.25, -0.2) is 0 Å². The lowest BCUT2D eigenvalue weighted by Gasteiger charge is -2.17. The van der Waals surface area contributed by atoms with E-state index < -0.39 is 7.37 Å². The molecule has 0 heterocycles. The van der Waals surface area contributed by atoms with Crippen molar-refractivity contribution in [1.29, 1.82) is 0 Å². The number of hydrogen-bond donors (Lipinski definition) is 0. The van der Waals surface area contributed by atoms with Gasteiger partial charge in [0.25, 0.3) is 7.37 Å². The number of hydrogen-bond acceptors (Lipinski definition) is 2. The fourth-order valence-corrected chi connectivity index (χ4v) is 3.71. The van der Waals surface area contributed by atoms with Gasteiger partial charge in [0.15, 0.2) is 0 Å². The molecule has 0 saturated heterocycles. The van der Waals surface area contributed by atoms with Crippen molar-refractivity contribution in [3.63, 3.8) is 0 Å². The summed E-state index contributed by atoms with van der Waals surface area (Å²) in [5, 5.41) is 1.39. The summed E-state index contributed by atoms with van der Waals surface area (Å²) in [6.07, 6.45) is 0. The van der Waals surface area contributed by atoms with Crippen LogP contribution in [0.3, 0.4) is 0 Å². The Balaban J connectivity index is 2.44. The smallest absolute Gasteiger partial charge is 0.262 e. The Labute approximate surface area is 113 Å². The fourth-order valence-electron chi connectivity index (χ4n) is 1.74. The van der Waals surface area contributed by atoms with E-state index in [1.807, 2.05) is 60.7 Å². The van der Waals surface area contributed by atoms with Gasteiger partial charge in [-0.3, -0.25) is 4.57 Å². The average molecular weight is 270 g/mol. The molecule has 0 bridgehead atoms. The standard InChI is InChI=1S/C16H15O2P/c1-2-3-14-18-19(17,15-10-6-4-7-11-15)16-12-8-5-9-13-16/h4-13H,14H2,1H3. The van der Waals surface area contributed by atoms with Crippen LogP contribution in [0.2, 0.25) is 0 Å². The van der Waals surface area contributed by atoms with E-state index in [0.717, 1.165) is 0 Å². The van der Waals surface area contributed by atoms with E-state index in [1.54, 1.807) is 6.92 Å². The monoisotopic (exact) mass is 270 g/mol. The first kappa shape index (κ1) is 13.6. The Morgan fingerprint density at radius 2 is 1.42 bits per heavy atom. The van der Waals surface area contributed by atoms with Gasteiger partial charge in [0.1, 0.15) is 6.61 Å². The summed E-state index contributed by atoms with van der Waals surface area (Å²) in [5.41, 5.74) is 0. The molecule has 0 aliphatic rings. The number of benzene rings is 2. The lowest BCUT2D eigenvalue weighted by atomic mass is 10.4. The van der Waals surface area contributed by atoms with Gasteiger partial charge in [0.2, 0.25) is 0 Å². The van der Waals surface area contributed by atoms with E-state index in [1.165, 1.54) is 0 Å². The summed E-state index contributed by atoms with van der Waals surface area (Å²) in [6, 6.07) is 18.5. The van der Waals surface area contributed by atoms with Gasteiger partial charge >= 0.3 is 0 Å². The third-order valence-electron chi connectivity index (χ3n) is 2.69. The lowest BCUT2D eigenvalue weighted by molar-refractivity contribution is 0.375. The molecule has 0 N–H and O–H groups in total. The summed E-state index contributed by atoms with van der Waals surface area (Å²) in [4.78, 5) is 0. The topological polar surface area (TPSA) is 26.3 Å². The maximum atomic E-state index is 13.2. The van der Waals surface area contributed by atoms with Crippen LogP contribution in [-0.2, 0) is 9.09 Å². The predicted octanol–water partition coefficient (Wildman–Crippen LogP) is 2.96. The normalized spacial score (nSPS) is 10.6. The zero-order chi connectivity index (χ0) is 13.6. The van der Waals surface area contributed by atoms with Gasteiger partial charge in [0.05, 0.1) is 0 Å². The first-order valence-corrected chi connectivity index (χ1v) is 7.65. The molecule has 0 aliphatic heterocycles. The van der Waals surface area contributed by atoms with Crippen molar-refractivity contribution in [2.45, 2.75) is 6.92 Å². The van der Waals surface area contributed by atoms with Crippen LogP contribution < -0.4 is 10.6 Å². The molecule has 0 fully saturated rings. The van der Waals surface area contributed by atoms with E-state index in [4.69, 9.17) is 4.52 Å². The molecular formula is C16H15O2P. The molecule has 2 aromatic rings. The maximum Gasteiger partial charge on any atom is 0.262 e. The molecule has 2 rings (SSSR count). The van der Waals surface area contributed by atoms with Gasteiger partial charge < -0.3 is 4.52 Å². The zero-order valence-corrected chi connectivity index (χ0v) is 11.6. The first-order chi connectivity index (χ1) is 9.27. The molecule has 19 heavy (non-hydrogen) atoms. The Morgan fingerprint density at radius 1 is 0.947 bits per heavy atom. The molecule has 96 valence electrons. The van der Waals surface area contributed by atoms with Crippen molar-refractivity contribution in [3.8, 4) is 11.8 Å². The Morgan fingerprint density at radius 3 is 1.84 bits per heavy atom. The van der Waals surface area contributed by atoms with E-state index in [0.29, 0.717) is 10.6 Å². The lowest BCUT2D eigenvalue weighted by Crippen LogP contribution is -2.18. The number of rotatable bonds is 4. The van der Waals surface area contributed by atoms with Crippen LogP contribution in [0.1, 0.15) is 6.92 Å². The van der Waals surface area contributed by atoms with Crippen molar-refractivity contribution in [3.05, 3.63) is 60.7 Å². The highest BCUT2D eigenvalue weighted by atomic mass is 31.2. The fraction of sp³-hybridized carbons (Fsp3) is 0.125. The van der Waals surface area contributed by atoms with E-state index in [2.05, 4.69) is 11.8 Å². The minimum absolute atomic E-state index is 0.164. The van der Waals surface area contributed by atoms with Crippen LogP contribution in [0.5, 0.6) is 0 Å². The van der Waals surface area contributed by atoms with Gasteiger partial charge in [-0.15, -0.1) is 5.92 Å². The third-order valence-corrected chi connectivity index (χ3v) is 5.14. The van der Waals surface area contributed by atoms with Crippen LogP contribution in [0.25, 0.3) is 0 Å². The summed E-state index contributed by atoms with van der Waals surface area (Å²) in [7, 11) is -3.06. The summed E-state index contributed by atoms with van der Waals surface area (Å²) in [6.45, 7) is 1.90. The Bertz CT molecular complexity index is 581. The highest BCUT2D eigenvalue weighted by Gasteiger charge is 2.27. The van der Waals surface area contributed by atoms with Gasteiger partial charge in [-0.2, -0.15) is 0 Å². The molecule has 2 nitrogen and oxygen atoms in total. The van der Waals surface area contributed by atoms with Gasteiger partial charge in [0, 0.05) is 10.6 Å². The molecule has 0 atom stereocenters. The largest absolute Gasteiger partial charge is 0.309 e. The second-order valence-electron chi connectivity index (χ2n) is 3.92. The van der Waals surface area contributed by atoms with Crippen molar-refractivity contribution < 1.29 is 9.09 Å². The summed E-state index contributed by atoms with van der Waals surface area (Å²) >= 11 is 0. The highest BCUT2D eigenvalue weighted by Crippen LogP contribution is 2.44. The van der Waals surface area contributed by atoms with Crippen LogP contribution in [0.4, 0.5) is 0 Å². The summed E-state index contributed by atoms with van der Waals surface area (Å²) < 4.78 is 18.8. The molecular weight excluding hydrogens is 255 g/mol. The minimum Gasteiger partial charge on any atom is -0.309 e. The molecule has 2 aromatic carbocycles. The average Bonchev–Trinajstić information content (AvgIpc) is 2.49. The van der Waals surface area contributed by atoms with Gasteiger partial charge in [-0.1, -0.05) is 42.3 Å². The Kier molecular flexibility index (Phi) is 4.58. The molecule has 0 amide bonds. The SMILES string of the molecule is CC#CCOP(=O)(c1ccccc1)c1ccccc1.